The van der Waals surface area contributed by atoms with Crippen molar-refractivity contribution in [2.24, 2.45) is 0 Å². The predicted molar refractivity (Wildman–Crippen MR) is 234 cm³/mol. The minimum Gasteiger partial charge on any atom is -0.509 e. The first-order valence-electron chi connectivity index (χ1n) is 19.8. The molecule has 0 aliphatic carbocycles. The molecular weight excluding hydrogens is 880 g/mol. The van der Waals surface area contributed by atoms with Crippen LogP contribution in [-0.2, 0) is 37.3 Å². The number of pyridine rings is 1. The SMILES string of the molecule is CC(C)c1cc(C(C)(C)C)c(N2[CH-]N(c3[c-]c(Oc4[c-]c5c(cc4)c4ccccc4n5-c4cc(C(C)(C)C)ccn4)ccc3)c3ccccc32)c(C(C)(C)C)c1.[Pt]. The van der Waals surface area contributed by atoms with Crippen molar-refractivity contribution in [3.05, 3.63) is 150 Å². The normalized spacial score (nSPS) is 13.4. The predicted octanol–water partition coefficient (Wildman–Crippen LogP) is 14.0. The van der Waals surface area contributed by atoms with Gasteiger partial charge >= 0.3 is 0 Å². The molecule has 0 spiro atoms. The van der Waals surface area contributed by atoms with Gasteiger partial charge in [0.25, 0.3) is 0 Å². The van der Waals surface area contributed by atoms with E-state index in [1.807, 2.05) is 24.4 Å². The van der Waals surface area contributed by atoms with E-state index in [9.17, 15) is 0 Å². The Morgan fingerprint density at radius 2 is 1.26 bits per heavy atom. The molecule has 3 heterocycles. The molecule has 0 radical (unpaired) electrons. The van der Waals surface area contributed by atoms with Gasteiger partial charge in [-0.1, -0.05) is 124 Å². The van der Waals surface area contributed by atoms with Crippen LogP contribution in [0, 0.1) is 18.8 Å². The second kappa shape index (κ2) is 14.8. The summed E-state index contributed by atoms with van der Waals surface area (Å²) in [6.45, 7) is 27.4. The maximum absolute atomic E-state index is 6.62. The summed E-state index contributed by atoms with van der Waals surface area (Å²) in [5, 5.41) is 2.25. The fourth-order valence-electron chi connectivity index (χ4n) is 7.81. The third-order valence-corrected chi connectivity index (χ3v) is 10.9. The van der Waals surface area contributed by atoms with Crippen molar-refractivity contribution < 1.29 is 25.8 Å². The molecule has 296 valence electrons. The van der Waals surface area contributed by atoms with Gasteiger partial charge in [0.15, 0.2) is 0 Å². The van der Waals surface area contributed by atoms with E-state index >= 15 is 0 Å². The molecule has 8 rings (SSSR count). The van der Waals surface area contributed by atoms with Gasteiger partial charge in [-0.15, -0.1) is 48.1 Å². The van der Waals surface area contributed by atoms with Gasteiger partial charge in [0.1, 0.15) is 5.82 Å². The van der Waals surface area contributed by atoms with Crippen molar-refractivity contribution in [1.29, 1.82) is 0 Å². The number of hydrogen-bond acceptors (Lipinski definition) is 4. The number of anilines is 4. The standard InChI is InChI=1S/C51H53N4O.Pt/c1-33(2)34-27-41(50(6,7)8)48(42(28-34)51(9,10)11)54-32-53(44-21-14-15-22-45(44)54)36-17-16-18-37(30-36)56-38-23-24-40-39-19-12-13-20-43(39)55(46(40)31-38)47-29-35(25-26-52-47)49(3,4)5;/h12-29,32-33H,1-11H3;/q-3;. The molecule has 0 saturated carbocycles. The number of ether oxygens (including phenoxy) is 1. The van der Waals surface area contributed by atoms with Crippen LogP contribution in [0.2, 0.25) is 0 Å². The van der Waals surface area contributed by atoms with Crippen molar-refractivity contribution >= 4 is 44.6 Å². The van der Waals surface area contributed by atoms with E-state index in [4.69, 9.17) is 9.72 Å². The number of para-hydroxylation sites is 3. The number of hydrogen-bond donors (Lipinski definition) is 0. The van der Waals surface area contributed by atoms with E-state index in [1.165, 1.54) is 27.9 Å². The fourth-order valence-corrected chi connectivity index (χ4v) is 7.81. The Morgan fingerprint density at radius 3 is 1.91 bits per heavy atom. The van der Waals surface area contributed by atoms with Crippen molar-refractivity contribution in [1.82, 2.24) is 9.55 Å². The van der Waals surface area contributed by atoms with Gasteiger partial charge in [-0.25, -0.2) is 4.98 Å². The van der Waals surface area contributed by atoms with Crippen LogP contribution in [0.1, 0.15) is 104 Å². The zero-order valence-corrected chi connectivity index (χ0v) is 37.3. The van der Waals surface area contributed by atoms with E-state index in [1.54, 1.807) is 0 Å². The van der Waals surface area contributed by atoms with Gasteiger partial charge in [0.05, 0.1) is 0 Å². The number of benzene rings is 5. The van der Waals surface area contributed by atoms with Crippen LogP contribution in [0.4, 0.5) is 22.7 Å². The summed E-state index contributed by atoms with van der Waals surface area (Å²) >= 11 is 0. The van der Waals surface area contributed by atoms with Crippen molar-refractivity contribution in [2.75, 3.05) is 9.80 Å². The van der Waals surface area contributed by atoms with Crippen LogP contribution in [0.5, 0.6) is 11.5 Å². The molecule has 0 bridgehead atoms. The Bertz CT molecular complexity index is 2560. The molecule has 0 saturated heterocycles. The monoisotopic (exact) mass is 932 g/mol. The van der Waals surface area contributed by atoms with E-state index in [0.717, 1.165) is 44.7 Å². The maximum atomic E-state index is 6.62. The molecule has 6 heteroatoms. The Labute approximate surface area is 354 Å². The smallest absolute Gasteiger partial charge is 0.135 e. The minimum atomic E-state index is -0.0783. The molecule has 0 amide bonds. The molecule has 5 nitrogen and oxygen atoms in total. The molecule has 57 heavy (non-hydrogen) atoms. The molecule has 0 unspecified atom stereocenters. The average Bonchev–Trinajstić information content (AvgIpc) is 3.69. The molecule has 0 N–H and O–H groups in total. The second-order valence-electron chi connectivity index (χ2n) is 18.6. The summed E-state index contributed by atoms with van der Waals surface area (Å²) in [5.74, 6) is 2.52. The second-order valence-corrected chi connectivity index (χ2v) is 18.6. The van der Waals surface area contributed by atoms with Gasteiger partial charge in [-0.3, -0.25) is 0 Å². The van der Waals surface area contributed by atoms with E-state index in [2.05, 4.69) is 194 Å². The number of aromatic nitrogens is 2. The van der Waals surface area contributed by atoms with Gasteiger partial charge in [-0.2, -0.15) is 12.1 Å². The molecule has 0 fully saturated rings. The van der Waals surface area contributed by atoms with Crippen LogP contribution in [0.25, 0.3) is 27.6 Å². The first kappa shape index (κ1) is 40.3. The Balaban J connectivity index is 0.00000496. The minimum absolute atomic E-state index is 0. The van der Waals surface area contributed by atoms with Gasteiger partial charge < -0.3 is 19.1 Å². The van der Waals surface area contributed by atoms with Crippen LogP contribution >= 0.6 is 0 Å². The summed E-state index contributed by atoms with van der Waals surface area (Å²) in [6.07, 6.45) is 1.90. The molecule has 1 aliphatic heterocycles. The molecule has 1 aliphatic rings. The Hall–Kier alpha value is -4.86. The van der Waals surface area contributed by atoms with Crippen LogP contribution in [0.3, 0.4) is 0 Å². The van der Waals surface area contributed by atoms with E-state index in [0.29, 0.717) is 17.4 Å². The maximum Gasteiger partial charge on any atom is 0.135 e. The van der Waals surface area contributed by atoms with Crippen LogP contribution in [-0.4, -0.2) is 9.55 Å². The molecular formula is C51H53N4OPt-3. The van der Waals surface area contributed by atoms with Crippen LogP contribution < -0.4 is 14.5 Å². The average molecular weight is 933 g/mol. The summed E-state index contributed by atoms with van der Waals surface area (Å²) in [4.78, 5) is 9.47. The number of nitrogens with zero attached hydrogens (tertiary/aromatic N) is 4. The van der Waals surface area contributed by atoms with Gasteiger partial charge in [-0.05, 0) is 80.1 Å². The van der Waals surface area contributed by atoms with Crippen LogP contribution in [0.15, 0.2) is 109 Å². The van der Waals surface area contributed by atoms with Crippen molar-refractivity contribution in [3.63, 3.8) is 0 Å². The first-order chi connectivity index (χ1) is 26.5. The zero-order valence-electron chi connectivity index (χ0n) is 35.1. The summed E-state index contributed by atoms with van der Waals surface area (Å²) in [5.41, 5.74) is 11.5. The Morgan fingerprint density at radius 1 is 0.632 bits per heavy atom. The summed E-state index contributed by atoms with van der Waals surface area (Å²) < 4.78 is 8.81. The van der Waals surface area contributed by atoms with E-state index in [-0.39, 0.29) is 37.3 Å². The number of fused-ring (bicyclic) bond motifs is 4. The summed E-state index contributed by atoms with van der Waals surface area (Å²) in [6, 6.07) is 43.7. The first-order valence-corrected chi connectivity index (χ1v) is 19.8. The van der Waals surface area contributed by atoms with Gasteiger partial charge in [0.2, 0.25) is 0 Å². The molecule has 5 aromatic carbocycles. The topological polar surface area (TPSA) is 33.5 Å². The number of rotatable bonds is 6. The molecule has 0 atom stereocenters. The zero-order chi connectivity index (χ0) is 39.7. The quantitative estimate of drug-likeness (QED) is 0.156. The third kappa shape index (κ3) is 7.52. The van der Waals surface area contributed by atoms with Crippen molar-refractivity contribution in [2.45, 2.75) is 98.3 Å². The van der Waals surface area contributed by atoms with Gasteiger partial charge in [0, 0.05) is 61.3 Å². The fraction of sp³-hybridized carbons (Fsp3) is 0.294. The molecule has 7 aromatic rings. The van der Waals surface area contributed by atoms with E-state index < -0.39 is 0 Å². The largest absolute Gasteiger partial charge is 0.509 e. The molecule has 2 aromatic heterocycles. The Kier molecular flexibility index (Phi) is 10.5. The third-order valence-electron chi connectivity index (χ3n) is 10.9. The van der Waals surface area contributed by atoms with Crippen molar-refractivity contribution in [3.8, 4) is 17.3 Å². The summed E-state index contributed by atoms with van der Waals surface area (Å²) in [7, 11) is 0.